The topological polar surface area (TPSA) is 88.2 Å². The quantitative estimate of drug-likeness (QED) is 0.531. The Morgan fingerprint density at radius 2 is 1.39 bits per heavy atom. The standard InChI is InChI=1S/C14H10N2O2/c15-12-9-4-2-1-3-7(9)8-5-6-10(17)14(18)11(8)13(12)16/h1-6,15-18H. The van der Waals surface area contributed by atoms with E-state index in [1.807, 2.05) is 18.2 Å². The SMILES string of the molecule is N=C1C(=N)c2c(ccc(O)c2O)-c2ccccc21. The van der Waals surface area contributed by atoms with Gasteiger partial charge in [-0.15, -0.1) is 0 Å². The van der Waals surface area contributed by atoms with Gasteiger partial charge in [-0.05, 0) is 23.3 Å². The highest BCUT2D eigenvalue weighted by Crippen LogP contribution is 2.41. The first-order valence-corrected chi connectivity index (χ1v) is 5.44. The molecule has 0 heterocycles. The van der Waals surface area contributed by atoms with Gasteiger partial charge in [-0.2, -0.15) is 0 Å². The zero-order valence-corrected chi connectivity index (χ0v) is 9.36. The van der Waals surface area contributed by atoms with Crippen molar-refractivity contribution in [3.8, 4) is 22.6 Å². The lowest BCUT2D eigenvalue weighted by Gasteiger charge is -2.22. The molecule has 0 atom stereocenters. The summed E-state index contributed by atoms with van der Waals surface area (Å²) < 4.78 is 0. The van der Waals surface area contributed by atoms with Crippen molar-refractivity contribution in [2.24, 2.45) is 0 Å². The van der Waals surface area contributed by atoms with Crippen molar-refractivity contribution in [2.45, 2.75) is 0 Å². The molecule has 0 saturated heterocycles. The third-order valence-electron chi connectivity index (χ3n) is 3.14. The van der Waals surface area contributed by atoms with E-state index in [4.69, 9.17) is 10.8 Å². The van der Waals surface area contributed by atoms with Crippen molar-refractivity contribution in [2.75, 3.05) is 0 Å². The summed E-state index contributed by atoms with van der Waals surface area (Å²) in [7, 11) is 0. The van der Waals surface area contributed by atoms with E-state index in [-0.39, 0.29) is 28.5 Å². The molecule has 1 aliphatic carbocycles. The van der Waals surface area contributed by atoms with Crippen molar-refractivity contribution >= 4 is 11.4 Å². The largest absolute Gasteiger partial charge is 0.504 e. The highest BCUT2D eigenvalue weighted by molar-refractivity contribution is 6.55. The van der Waals surface area contributed by atoms with Crippen molar-refractivity contribution < 1.29 is 10.2 Å². The van der Waals surface area contributed by atoms with Gasteiger partial charge in [0.1, 0.15) is 0 Å². The van der Waals surface area contributed by atoms with Crippen LogP contribution in [0.1, 0.15) is 11.1 Å². The van der Waals surface area contributed by atoms with Crippen LogP contribution in [-0.4, -0.2) is 21.6 Å². The summed E-state index contributed by atoms with van der Waals surface area (Å²) in [5, 5.41) is 35.3. The lowest BCUT2D eigenvalue weighted by atomic mass is 9.82. The molecule has 88 valence electrons. The fourth-order valence-electron chi connectivity index (χ4n) is 2.25. The Kier molecular flexibility index (Phi) is 2.01. The molecule has 2 aromatic carbocycles. The van der Waals surface area contributed by atoms with Gasteiger partial charge in [0.05, 0.1) is 17.0 Å². The van der Waals surface area contributed by atoms with E-state index in [0.717, 1.165) is 5.56 Å². The van der Waals surface area contributed by atoms with Gasteiger partial charge < -0.3 is 10.2 Å². The normalized spacial score (nSPS) is 13.1. The summed E-state index contributed by atoms with van der Waals surface area (Å²) in [6, 6.07) is 10.3. The first-order chi connectivity index (χ1) is 8.61. The molecule has 0 radical (unpaired) electrons. The molecule has 0 bridgehead atoms. The average Bonchev–Trinajstić information content (AvgIpc) is 2.39. The van der Waals surface area contributed by atoms with Crippen LogP contribution >= 0.6 is 0 Å². The molecule has 0 amide bonds. The summed E-state index contributed by atoms with van der Waals surface area (Å²) in [6.45, 7) is 0. The van der Waals surface area contributed by atoms with E-state index < -0.39 is 0 Å². The number of phenolic OH excluding ortho intramolecular Hbond substituents is 2. The monoisotopic (exact) mass is 238 g/mol. The van der Waals surface area contributed by atoms with Gasteiger partial charge >= 0.3 is 0 Å². The smallest absolute Gasteiger partial charge is 0.167 e. The van der Waals surface area contributed by atoms with Crippen molar-refractivity contribution in [1.29, 1.82) is 10.8 Å². The predicted octanol–water partition coefficient (Wildman–Crippen LogP) is 2.51. The molecule has 0 saturated carbocycles. The zero-order valence-electron chi connectivity index (χ0n) is 9.36. The Labute approximate surface area is 103 Å². The van der Waals surface area contributed by atoms with Crippen LogP contribution in [0.15, 0.2) is 36.4 Å². The van der Waals surface area contributed by atoms with Gasteiger partial charge in [0.2, 0.25) is 0 Å². The van der Waals surface area contributed by atoms with Crippen molar-refractivity contribution in [3.05, 3.63) is 47.5 Å². The highest BCUT2D eigenvalue weighted by Gasteiger charge is 2.28. The number of rotatable bonds is 0. The Bertz CT molecular complexity index is 705. The highest BCUT2D eigenvalue weighted by atomic mass is 16.3. The van der Waals surface area contributed by atoms with E-state index in [9.17, 15) is 10.2 Å². The van der Waals surface area contributed by atoms with Gasteiger partial charge in [-0.25, -0.2) is 0 Å². The molecule has 0 aromatic heterocycles. The fraction of sp³-hybridized carbons (Fsp3) is 0. The molecule has 18 heavy (non-hydrogen) atoms. The number of nitrogens with one attached hydrogen (secondary N) is 2. The first-order valence-electron chi connectivity index (χ1n) is 5.44. The van der Waals surface area contributed by atoms with Gasteiger partial charge in [-0.3, -0.25) is 10.8 Å². The number of hydrogen-bond acceptors (Lipinski definition) is 4. The Morgan fingerprint density at radius 3 is 2.11 bits per heavy atom. The van der Waals surface area contributed by atoms with Gasteiger partial charge in [0, 0.05) is 5.56 Å². The molecular formula is C14H10N2O2. The molecule has 1 aliphatic rings. The minimum atomic E-state index is -0.336. The summed E-state index contributed by atoms with van der Waals surface area (Å²) in [6.07, 6.45) is 0. The fourth-order valence-corrected chi connectivity index (χ4v) is 2.25. The minimum Gasteiger partial charge on any atom is -0.504 e. The van der Waals surface area contributed by atoms with E-state index in [1.165, 1.54) is 6.07 Å². The van der Waals surface area contributed by atoms with Crippen LogP contribution in [0.4, 0.5) is 0 Å². The van der Waals surface area contributed by atoms with E-state index in [0.29, 0.717) is 11.1 Å². The summed E-state index contributed by atoms with van der Waals surface area (Å²) in [4.78, 5) is 0. The van der Waals surface area contributed by atoms with E-state index >= 15 is 0 Å². The van der Waals surface area contributed by atoms with Gasteiger partial charge in [-0.1, -0.05) is 24.3 Å². The van der Waals surface area contributed by atoms with E-state index in [2.05, 4.69) is 0 Å². The van der Waals surface area contributed by atoms with Crippen LogP contribution in [0.5, 0.6) is 11.5 Å². The minimum absolute atomic E-state index is 0.0546. The second-order valence-electron chi connectivity index (χ2n) is 4.15. The van der Waals surface area contributed by atoms with Crippen LogP contribution in [0.3, 0.4) is 0 Å². The molecule has 0 spiro atoms. The van der Waals surface area contributed by atoms with Crippen molar-refractivity contribution in [3.63, 3.8) is 0 Å². The summed E-state index contributed by atoms with van der Waals surface area (Å²) in [5.41, 5.74) is 2.33. The lowest BCUT2D eigenvalue weighted by molar-refractivity contribution is 0.403. The second kappa shape index (κ2) is 3.43. The number of hydrogen-bond donors (Lipinski definition) is 4. The number of benzene rings is 2. The average molecular weight is 238 g/mol. The number of aromatic hydroxyl groups is 2. The van der Waals surface area contributed by atoms with Crippen LogP contribution in [0.25, 0.3) is 11.1 Å². The maximum absolute atomic E-state index is 9.87. The Hall–Kier alpha value is -2.62. The maximum Gasteiger partial charge on any atom is 0.167 e. The molecule has 0 aliphatic heterocycles. The lowest BCUT2D eigenvalue weighted by Crippen LogP contribution is -2.21. The van der Waals surface area contributed by atoms with E-state index in [1.54, 1.807) is 12.1 Å². The molecular weight excluding hydrogens is 228 g/mol. The van der Waals surface area contributed by atoms with Gasteiger partial charge in [0.15, 0.2) is 11.5 Å². The molecule has 4 nitrogen and oxygen atoms in total. The van der Waals surface area contributed by atoms with Gasteiger partial charge in [0.25, 0.3) is 0 Å². The predicted molar refractivity (Wildman–Crippen MR) is 68.9 cm³/mol. The second-order valence-corrected chi connectivity index (χ2v) is 4.15. The third-order valence-corrected chi connectivity index (χ3v) is 3.14. The van der Waals surface area contributed by atoms with Crippen LogP contribution in [0.2, 0.25) is 0 Å². The Balaban J connectivity index is 2.44. The summed E-state index contributed by atoms with van der Waals surface area (Å²) in [5.74, 6) is -0.609. The molecule has 0 fully saturated rings. The Morgan fingerprint density at radius 1 is 0.722 bits per heavy atom. The molecule has 3 rings (SSSR count). The number of fused-ring (bicyclic) bond motifs is 3. The molecule has 0 unspecified atom stereocenters. The van der Waals surface area contributed by atoms with Crippen LogP contribution < -0.4 is 0 Å². The van der Waals surface area contributed by atoms with Crippen LogP contribution in [-0.2, 0) is 0 Å². The molecule has 4 N–H and O–H groups in total. The molecule has 2 aromatic rings. The maximum atomic E-state index is 9.87. The molecule has 4 heteroatoms. The first kappa shape index (κ1) is 10.5. The third kappa shape index (κ3) is 1.20. The number of phenols is 2. The summed E-state index contributed by atoms with van der Waals surface area (Å²) >= 11 is 0. The zero-order chi connectivity index (χ0) is 12.9. The van der Waals surface area contributed by atoms with Crippen LogP contribution in [0, 0.1) is 10.8 Å². The van der Waals surface area contributed by atoms with Crippen molar-refractivity contribution in [1.82, 2.24) is 0 Å².